The van der Waals surface area contributed by atoms with E-state index in [1.807, 2.05) is 47.2 Å². The summed E-state index contributed by atoms with van der Waals surface area (Å²) in [6.45, 7) is 2.70. The van der Waals surface area contributed by atoms with Gasteiger partial charge >= 0.3 is 0 Å². The van der Waals surface area contributed by atoms with Gasteiger partial charge in [-0.2, -0.15) is 0 Å². The molecular weight excluding hydrogens is 376 g/mol. The fraction of sp³-hybridized carbons (Fsp3) is 0.333. The van der Waals surface area contributed by atoms with Crippen LogP contribution in [0.4, 0.5) is 0 Å². The maximum atomic E-state index is 12.8. The van der Waals surface area contributed by atoms with Crippen LogP contribution < -0.4 is 10.1 Å². The monoisotopic (exact) mass is 404 g/mol. The van der Waals surface area contributed by atoms with Gasteiger partial charge in [-0.3, -0.25) is 9.69 Å². The van der Waals surface area contributed by atoms with Crippen LogP contribution in [0.25, 0.3) is 5.69 Å². The van der Waals surface area contributed by atoms with Crippen molar-refractivity contribution in [1.29, 1.82) is 0 Å². The Morgan fingerprint density at radius 1 is 1.07 bits per heavy atom. The zero-order valence-corrected chi connectivity index (χ0v) is 17.3. The minimum atomic E-state index is -0.0531. The van der Waals surface area contributed by atoms with Gasteiger partial charge in [0.15, 0.2) is 0 Å². The second-order valence-electron chi connectivity index (χ2n) is 7.61. The van der Waals surface area contributed by atoms with E-state index in [0.717, 1.165) is 24.5 Å². The predicted octanol–water partition coefficient (Wildman–Crippen LogP) is 3.84. The summed E-state index contributed by atoms with van der Waals surface area (Å²) in [5.41, 5.74) is 2.84. The Hall–Kier alpha value is -3.12. The molecule has 3 aromatic rings. The summed E-state index contributed by atoms with van der Waals surface area (Å²) in [5.74, 6) is 0.792. The van der Waals surface area contributed by atoms with E-state index < -0.39 is 0 Å². The topological polar surface area (TPSA) is 59.4 Å². The van der Waals surface area contributed by atoms with Crippen LogP contribution in [0.15, 0.2) is 67.3 Å². The highest BCUT2D eigenvalue weighted by atomic mass is 16.5. The van der Waals surface area contributed by atoms with Gasteiger partial charge < -0.3 is 14.6 Å². The number of piperidine rings is 1. The lowest BCUT2D eigenvalue weighted by Gasteiger charge is -2.35. The van der Waals surface area contributed by atoms with Crippen molar-refractivity contribution in [2.75, 3.05) is 26.7 Å². The number of ether oxygens (including phenoxy) is 1. The van der Waals surface area contributed by atoms with Gasteiger partial charge in [-0.05, 0) is 67.9 Å². The number of carbonyl (C=O) groups excluding carboxylic acids is 1. The Morgan fingerprint density at radius 3 is 2.43 bits per heavy atom. The van der Waals surface area contributed by atoms with Crippen molar-refractivity contribution in [2.24, 2.45) is 0 Å². The molecule has 1 aliphatic heterocycles. The maximum Gasteiger partial charge on any atom is 0.251 e. The molecule has 2 heterocycles. The number of hydrogen-bond acceptors (Lipinski definition) is 4. The van der Waals surface area contributed by atoms with Gasteiger partial charge in [-0.25, -0.2) is 4.98 Å². The zero-order valence-electron chi connectivity index (χ0n) is 17.3. The number of methoxy groups -OCH3 is 1. The van der Waals surface area contributed by atoms with Crippen molar-refractivity contribution >= 4 is 5.91 Å². The van der Waals surface area contributed by atoms with Crippen molar-refractivity contribution in [1.82, 2.24) is 19.8 Å². The fourth-order valence-corrected chi connectivity index (χ4v) is 4.00. The third-order valence-corrected chi connectivity index (χ3v) is 5.72. The van der Waals surface area contributed by atoms with Crippen molar-refractivity contribution in [3.8, 4) is 11.4 Å². The van der Waals surface area contributed by atoms with E-state index in [4.69, 9.17) is 4.74 Å². The SMILES string of the molecule is COc1ccc([C@@H](CNC(=O)c2ccc(-n3ccnc3)cc2)N2CCCCC2)cc1. The van der Waals surface area contributed by atoms with Crippen molar-refractivity contribution < 1.29 is 9.53 Å². The first kappa shape index (κ1) is 20.2. The van der Waals surface area contributed by atoms with Crippen molar-refractivity contribution in [3.05, 3.63) is 78.4 Å². The molecule has 1 aliphatic rings. The van der Waals surface area contributed by atoms with E-state index in [1.165, 1.54) is 24.8 Å². The third kappa shape index (κ3) is 4.71. The molecule has 0 unspecified atom stereocenters. The summed E-state index contributed by atoms with van der Waals surface area (Å²) in [7, 11) is 1.68. The average molecular weight is 405 g/mol. The predicted molar refractivity (Wildman–Crippen MR) is 117 cm³/mol. The average Bonchev–Trinajstić information content (AvgIpc) is 3.35. The number of amides is 1. The van der Waals surface area contributed by atoms with Crippen LogP contribution in [0, 0.1) is 0 Å². The van der Waals surface area contributed by atoms with E-state index in [0.29, 0.717) is 12.1 Å². The molecule has 6 nitrogen and oxygen atoms in total. The summed E-state index contributed by atoms with van der Waals surface area (Å²) in [4.78, 5) is 19.3. The lowest BCUT2D eigenvalue weighted by atomic mass is 10.0. The highest BCUT2D eigenvalue weighted by molar-refractivity contribution is 5.94. The minimum absolute atomic E-state index is 0.0531. The highest BCUT2D eigenvalue weighted by Gasteiger charge is 2.23. The Kier molecular flexibility index (Phi) is 6.44. The number of likely N-dealkylation sites (tertiary alicyclic amines) is 1. The van der Waals surface area contributed by atoms with E-state index in [2.05, 4.69) is 27.3 Å². The quantitative estimate of drug-likeness (QED) is 0.650. The molecule has 1 amide bonds. The number of aromatic nitrogens is 2. The molecule has 1 aromatic heterocycles. The zero-order chi connectivity index (χ0) is 20.8. The molecule has 0 radical (unpaired) electrons. The molecular formula is C24H28N4O2. The van der Waals surface area contributed by atoms with Crippen molar-refractivity contribution in [2.45, 2.75) is 25.3 Å². The molecule has 30 heavy (non-hydrogen) atoms. The molecule has 0 bridgehead atoms. The normalized spacial score (nSPS) is 15.5. The smallest absolute Gasteiger partial charge is 0.251 e. The first-order valence-electron chi connectivity index (χ1n) is 10.5. The molecule has 1 N–H and O–H groups in total. The Morgan fingerprint density at radius 2 is 1.80 bits per heavy atom. The minimum Gasteiger partial charge on any atom is -0.497 e. The molecule has 1 saturated heterocycles. The van der Waals surface area contributed by atoms with Gasteiger partial charge in [0.1, 0.15) is 5.75 Å². The molecule has 156 valence electrons. The maximum absolute atomic E-state index is 12.8. The second kappa shape index (κ2) is 9.59. The van der Waals surface area contributed by atoms with Crippen LogP contribution in [0.2, 0.25) is 0 Å². The fourth-order valence-electron chi connectivity index (χ4n) is 4.00. The van der Waals surface area contributed by atoms with E-state index in [1.54, 1.807) is 19.6 Å². The highest BCUT2D eigenvalue weighted by Crippen LogP contribution is 2.26. The Balaban J connectivity index is 1.45. The third-order valence-electron chi connectivity index (χ3n) is 5.72. The van der Waals surface area contributed by atoms with Gasteiger partial charge in [0.05, 0.1) is 19.5 Å². The van der Waals surface area contributed by atoms with Crippen LogP contribution in [0.3, 0.4) is 0 Å². The Labute approximate surface area is 177 Å². The van der Waals surface area contributed by atoms with Crippen molar-refractivity contribution in [3.63, 3.8) is 0 Å². The molecule has 0 saturated carbocycles. The molecule has 6 heteroatoms. The number of nitrogens with one attached hydrogen (secondary N) is 1. The van der Waals surface area contributed by atoms with Crippen LogP contribution >= 0.6 is 0 Å². The molecule has 4 rings (SSSR count). The lowest BCUT2D eigenvalue weighted by molar-refractivity contribution is 0.0924. The van der Waals surface area contributed by atoms with Gasteiger partial charge in [-0.1, -0.05) is 18.6 Å². The number of imidazole rings is 1. The lowest BCUT2D eigenvalue weighted by Crippen LogP contribution is -2.40. The molecule has 0 spiro atoms. The van der Waals surface area contributed by atoms with Crippen LogP contribution in [-0.2, 0) is 0 Å². The number of benzene rings is 2. The molecule has 0 aliphatic carbocycles. The van der Waals surface area contributed by atoms with Gasteiger partial charge in [0, 0.05) is 30.2 Å². The van der Waals surface area contributed by atoms with E-state index in [9.17, 15) is 4.79 Å². The molecule has 1 atom stereocenters. The van der Waals surface area contributed by atoms with Crippen LogP contribution in [0.1, 0.15) is 41.2 Å². The number of hydrogen-bond donors (Lipinski definition) is 1. The van der Waals surface area contributed by atoms with Gasteiger partial charge in [0.25, 0.3) is 5.91 Å². The summed E-state index contributed by atoms with van der Waals surface area (Å²) >= 11 is 0. The molecule has 1 fully saturated rings. The van der Waals surface area contributed by atoms with Gasteiger partial charge in [-0.15, -0.1) is 0 Å². The number of rotatable bonds is 7. The van der Waals surface area contributed by atoms with E-state index in [-0.39, 0.29) is 11.9 Å². The summed E-state index contributed by atoms with van der Waals surface area (Å²) < 4.78 is 7.21. The first-order valence-corrected chi connectivity index (χ1v) is 10.5. The first-order chi connectivity index (χ1) is 14.7. The van der Waals surface area contributed by atoms with Gasteiger partial charge in [0.2, 0.25) is 0 Å². The standard InChI is InChI=1S/C24H28N4O2/c1-30-22-11-7-19(8-12-22)23(27-14-3-2-4-15-27)17-26-24(29)20-5-9-21(10-6-20)28-16-13-25-18-28/h5-13,16,18,23H,2-4,14-15,17H2,1H3,(H,26,29)/t23-/m1/s1. The van der Waals surface area contributed by atoms with Crippen LogP contribution in [0.5, 0.6) is 5.75 Å². The Bertz CT molecular complexity index is 930. The largest absolute Gasteiger partial charge is 0.497 e. The molecule has 2 aromatic carbocycles. The van der Waals surface area contributed by atoms with Crippen LogP contribution in [-0.4, -0.2) is 47.1 Å². The van der Waals surface area contributed by atoms with E-state index >= 15 is 0 Å². The number of nitrogens with zero attached hydrogens (tertiary/aromatic N) is 3. The summed E-state index contributed by atoms with van der Waals surface area (Å²) in [5, 5.41) is 3.15. The number of carbonyl (C=O) groups is 1. The summed E-state index contributed by atoms with van der Waals surface area (Å²) in [6.07, 6.45) is 9.05. The second-order valence-corrected chi connectivity index (χ2v) is 7.61. The summed E-state index contributed by atoms with van der Waals surface area (Å²) in [6, 6.07) is 15.9.